The van der Waals surface area contributed by atoms with Crippen LogP contribution in [0.15, 0.2) is 54.9 Å². The Morgan fingerprint density at radius 3 is 2.56 bits per heavy atom. The molecule has 0 radical (unpaired) electrons. The van der Waals surface area contributed by atoms with Gasteiger partial charge >= 0.3 is 0 Å². The number of benzene rings is 2. The van der Waals surface area contributed by atoms with Crippen LogP contribution in [-0.2, 0) is 0 Å². The third kappa shape index (κ3) is 2.99. The first-order valence-corrected chi connectivity index (χ1v) is 8.43. The van der Waals surface area contributed by atoms with Gasteiger partial charge in [-0.15, -0.1) is 0 Å². The fourth-order valence-corrected chi connectivity index (χ4v) is 3.19. The molecule has 134 valence electrons. The average Bonchev–Trinajstić information content (AvgIpc) is 2.70. The van der Waals surface area contributed by atoms with Crippen LogP contribution in [0, 0.1) is 18.6 Å². The van der Waals surface area contributed by atoms with Crippen LogP contribution in [0.5, 0.6) is 0 Å². The number of halogens is 2. The van der Waals surface area contributed by atoms with Crippen molar-refractivity contribution in [1.29, 1.82) is 0 Å². The largest absolute Gasteiger partial charge is 0.373 e. The van der Waals surface area contributed by atoms with Crippen LogP contribution in [0.4, 0.5) is 14.6 Å². The van der Waals surface area contributed by atoms with Gasteiger partial charge in [-0.1, -0.05) is 6.07 Å². The molecule has 0 spiro atoms. The van der Waals surface area contributed by atoms with Crippen LogP contribution in [0.25, 0.3) is 33.4 Å². The highest BCUT2D eigenvalue weighted by Crippen LogP contribution is 2.35. The van der Waals surface area contributed by atoms with Crippen molar-refractivity contribution in [1.82, 2.24) is 15.0 Å². The first-order chi connectivity index (χ1) is 13.1. The van der Waals surface area contributed by atoms with Crippen molar-refractivity contribution in [2.75, 3.05) is 12.4 Å². The van der Waals surface area contributed by atoms with Crippen molar-refractivity contribution in [3.63, 3.8) is 0 Å². The van der Waals surface area contributed by atoms with E-state index in [-0.39, 0.29) is 5.56 Å². The van der Waals surface area contributed by atoms with E-state index >= 15 is 0 Å². The topological polar surface area (TPSA) is 50.7 Å². The molecule has 6 heteroatoms. The van der Waals surface area contributed by atoms with Crippen LogP contribution in [0.1, 0.15) is 5.56 Å². The number of aryl methyl sites for hydroxylation is 1. The molecule has 0 aliphatic rings. The summed E-state index contributed by atoms with van der Waals surface area (Å²) in [6.07, 6.45) is 3.39. The lowest BCUT2D eigenvalue weighted by molar-refractivity contribution is 0.603. The van der Waals surface area contributed by atoms with Gasteiger partial charge in [-0.25, -0.2) is 18.7 Å². The number of nitrogens with one attached hydrogen (secondary N) is 1. The Hall–Kier alpha value is -3.41. The minimum absolute atomic E-state index is 0.216. The Balaban J connectivity index is 1.97. The van der Waals surface area contributed by atoms with Crippen LogP contribution in [0.3, 0.4) is 0 Å². The molecule has 27 heavy (non-hydrogen) atoms. The normalized spacial score (nSPS) is 11.0. The average molecular weight is 362 g/mol. The van der Waals surface area contributed by atoms with Gasteiger partial charge in [-0.05, 0) is 54.4 Å². The Kier molecular flexibility index (Phi) is 4.24. The number of aromatic nitrogens is 3. The summed E-state index contributed by atoms with van der Waals surface area (Å²) >= 11 is 0. The van der Waals surface area contributed by atoms with E-state index in [2.05, 4.69) is 20.3 Å². The molecule has 0 aliphatic carbocycles. The predicted octanol–water partition coefficient (Wildman–Crippen LogP) is 4.99. The van der Waals surface area contributed by atoms with Gasteiger partial charge in [0.25, 0.3) is 0 Å². The molecule has 4 aromatic rings. The van der Waals surface area contributed by atoms with Gasteiger partial charge < -0.3 is 5.32 Å². The van der Waals surface area contributed by atoms with Crippen molar-refractivity contribution in [3.05, 3.63) is 72.1 Å². The second kappa shape index (κ2) is 6.72. The number of fused-ring (bicyclic) bond motifs is 1. The minimum atomic E-state index is -0.483. The summed E-state index contributed by atoms with van der Waals surface area (Å²) in [5.74, 6) is 0.208. The molecule has 0 fully saturated rings. The molecule has 0 saturated carbocycles. The lowest BCUT2D eigenvalue weighted by Crippen LogP contribution is -2.01. The molecule has 0 saturated heterocycles. The molecule has 0 amide bonds. The molecule has 2 heterocycles. The molecule has 0 bridgehead atoms. The maximum Gasteiger partial charge on any atom is 0.163 e. The fourth-order valence-electron chi connectivity index (χ4n) is 3.19. The number of nitrogens with zero attached hydrogens (tertiary/aromatic N) is 3. The molecule has 1 N–H and O–H groups in total. The first kappa shape index (κ1) is 17.0. The lowest BCUT2D eigenvalue weighted by Gasteiger charge is -2.14. The summed E-state index contributed by atoms with van der Waals surface area (Å²) in [5.41, 5.74) is 3.11. The first-order valence-electron chi connectivity index (χ1n) is 8.43. The molecule has 4 nitrogen and oxygen atoms in total. The summed E-state index contributed by atoms with van der Waals surface area (Å²) in [6, 6.07) is 10.7. The van der Waals surface area contributed by atoms with E-state index in [1.54, 1.807) is 31.6 Å². The Morgan fingerprint density at radius 2 is 1.81 bits per heavy atom. The molecule has 2 aromatic heterocycles. The summed E-state index contributed by atoms with van der Waals surface area (Å²) < 4.78 is 27.9. The van der Waals surface area contributed by atoms with Crippen molar-refractivity contribution >= 4 is 16.7 Å². The Morgan fingerprint density at radius 1 is 0.963 bits per heavy atom. The molecule has 2 aromatic carbocycles. The third-order valence-corrected chi connectivity index (χ3v) is 4.50. The quantitative estimate of drug-likeness (QED) is 0.558. The van der Waals surface area contributed by atoms with Crippen molar-refractivity contribution in [3.8, 4) is 22.5 Å². The van der Waals surface area contributed by atoms with Crippen LogP contribution < -0.4 is 5.32 Å². The molecule has 0 aliphatic heterocycles. The fraction of sp³-hybridized carbons (Fsp3) is 0.0952. The van der Waals surface area contributed by atoms with Gasteiger partial charge in [0.2, 0.25) is 0 Å². The standard InChI is InChI=1S/C21H16F2N4/c1-12-15(16-10-14(22)5-7-17(16)23)6-8-18-19(12)21(24-2)27-20(26-18)13-4-3-9-25-11-13/h3-11H,1-2H3,(H,24,26,27). The SMILES string of the molecule is CNc1nc(-c2cccnc2)nc2ccc(-c3cc(F)ccc3F)c(C)c12. The molecule has 0 atom stereocenters. The molecular formula is C21H16F2N4. The summed E-state index contributed by atoms with van der Waals surface area (Å²) in [6.45, 7) is 1.86. The van der Waals surface area contributed by atoms with E-state index in [0.717, 1.165) is 28.6 Å². The number of hydrogen-bond acceptors (Lipinski definition) is 4. The van der Waals surface area contributed by atoms with E-state index in [1.165, 1.54) is 6.07 Å². The number of hydrogen-bond donors (Lipinski definition) is 1. The van der Waals surface area contributed by atoms with E-state index in [4.69, 9.17) is 0 Å². The van der Waals surface area contributed by atoms with Gasteiger partial charge in [-0.3, -0.25) is 4.98 Å². The Bertz CT molecular complexity index is 1140. The van der Waals surface area contributed by atoms with Gasteiger partial charge in [0.05, 0.1) is 5.52 Å². The monoisotopic (exact) mass is 362 g/mol. The van der Waals surface area contributed by atoms with Gasteiger partial charge in [0, 0.05) is 36.0 Å². The minimum Gasteiger partial charge on any atom is -0.373 e. The molecular weight excluding hydrogens is 346 g/mol. The maximum atomic E-state index is 14.3. The van der Waals surface area contributed by atoms with E-state index in [1.807, 2.05) is 19.1 Å². The summed E-state index contributed by atoms with van der Waals surface area (Å²) in [4.78, 5) is 13.3. The summed E-state index contributed by atoms with van der Waals surface area (Å²) in [7, 11) is 1.77. The summed E-state index contributed by atoms with van der Waals surface area (Å²) in [5, 5.41) is 3.86. The van der Waals surface area contributed by atoms with E-state index < -0.39 is 11.6 Å². The predicted molar refractivity (Wildman–Crippen MR) is 102 cm³/mol. The van der Waals surface area contributed by atoms with E-state index in [0.29, 0.717) is 22.7 Å². The molecule has 4 rings (SSSR count). The third-order valence-electron chi connectivity index (χ3n) is 4.50. The lowest BCUT2D eigenvalue weighted by atomic mass is 9.96. The smallest absolute Gasteiger partial charge is 0.163 e. The maximum absolute atomic E-state index is 14.3. The van der Waals surface area contributed by atoms with Crippen molar-refractivity contribution in [2.24, 2.45) is 0 Å². The Labute approximate surface area is 154 Å². The zero-order chi connectivity index (χ0) is 19.0. The number of anilines is 1. The van der Waals surface area contributed by atoms with Gasteiger partial charge in [-0.2, -0.15) is 0 Å². The highest BCUT2D eigenvalue weighted by Gasteiger charge is 2.16. The van der Waals surface area contributed by atoms with Crippen molar-refractivity contribution < 1.29 is 8.78 Å². The van der Waals surface area contributed by atoms with Crippen molar-refractivity contribution in [2.45, 2.75) is 6.92 Å². The number of rotatable bonds is 3. The molecule has 0 unspecified atom stereocenters. The van der Waals surface area contributed by atoms with Crippen LogP contribution >= 0.6 is 0 Å². The zero-order valence-corrected chi connectivity index (χ0v) is 14.8. The van der Waals surface area contributed by atoms with Gasteiger partial charge in [0.15, 0.2) is 5.82 Å². The van der Waals surface area contributed by atoms with Crippen LogP contribution in [0.2, 0.25) is 0 Å². The van der Waals surface area contributed by atoms with Crippen LogP contribution in [-0.4, -0.2) is 22.0 Å². The highest BCUT2D eigenvalue weighted by atomic mass is 19.1. The zero-order valence-electron chi connectivity index (χ0n) is 14.8. The second-order valence-electron chi connectivity index (χ2n) is 6.14. The van der Waals surface area contributed by atoms with Gasteiger partial charge in [0.1, 0.15) is 17.5 Å². The second-order valence-corrected chi connectivity index (χ2v) is 6.14. The highest BCUT2D eigenvalue weighted by molar-refractivity contribution is 5.97. The van der Waals surface area contributed by atoms with E-state index in [9.17, 15) is 8.78 Å². The number of pyridine rings is 1.